The first-order valence-electron chi connectivity index (χ1n) is 8.94. The van der Waals surface area contributed by atoms with Gasteiger partial charge in [-0.15, -0.1) is 6.42 Å². The van der Waals surface area contributed by atoms with Gasteiger partial charge in [0.2, 0.25) is 5.91 Å². The van der Waals surface area contributed by atoms with Crippen LogP contribution in [-0.4, -0.2) is 17.0 Å². The van der Waals surface area contributed by atoms with E-state index in [0.29, 0.717) is 6.42 Å². The van der Waals surface area contributed by atoms with Crippen LogP contribution in [0.4, 0.5) is 0 Å². The Morgan fingerprint density at radius 1 is 1.04 bits per heavy atom. The number of nitrogens with one attached hydrogen (secondary N) is 1. The number of carboxylic acids is 1. The van der Waals surface area contributed by atoms with Crippen LogP contribution in [0.15, 0.2) is 77.5 Å². The van der Waals surface area contributed by atoms with Crippen LogP contribution < -0.4 is 5.32 Å². The second kappa shape index (κ2) is 9.94. The molecule has 2 N–H and O–H groups in total. The number of rotatable bonds is 7. The third kappa shape index (κ3) is 6.00. The summed E-state index contributed by atoms with van der Waals surface area (Å²) in [6, 6.07) is 18.1. The fourth-order valence-electron chi connectivity index (χ4n) is 2.66. The van der Waals surface area contributed by atoms with Gasteiger partial charge in [0.1, 0.15) is 5.70 Å². The molecule has 0 saturated heterocycles. The summed E-state index contributed by atoms with van der Waals surface area (Å²) in [5.74, 6) is 0.772. The van der Waals surface area contributed by atoms with E-state index < -0.39 is 5.97 Å². The van der Waals surface area contributed by atoms with Gasteiger partial charge in [-0.05, 0) is 43.0 Å². The van der Waals surface area contributed by atoms with Gasteiger partial charge >= 0.3 is 5.97 Å². The lowest BCUT2D eigenvalue weighted by Gasteiger charge is -2.08. The zero-order chi connectivity index (χ0) is 20.5. The van der Waals surface area contributed by atoms with E-state index in [-0.39, 0.29) is 23.6 Å². The van der Waals surface area contributed by atoms with Crippen molar-refractivity contribution < 1.29 is 14.7 Å². The van der Waals surface area contributed by atoms with Crippen molar-refractivity contribution in [2.45, 2.75) is 26.7 Å². The minimum absolute atomic E-state index is 0.0295. The van der Waals surface area contributed by atoms with E-state index in [4.69, 9.17) is 6.42 Å². The van der Waals surface area contributed by atoms with Crippen LogP contribution >= 0.6 is 0 Å². The number of aryl methyl sites for hydroxylation is 1. The van der Waals surface area contributed by atoms with Crippen LogP contribution in [-0.2, 0) is 16.0 Å². The molecule has 4 heteroatoms. The van der Waals surface area contributed by atoms with Crippen LogP contribution in [0.3, 0.4) is 0 Å². The van der Waals surface area contributed by atoms with E-state index in [1.54, 1.807) is 13.8 Å². The van der Waals surface area contributed by atoms with E-state index in [1.807, 2.05) is 54.6 Å². The Balaban J connectivity index is 2.02. The number of carbonyl (C=O) groups is 2. The minimum Gasteiger partial charge on any atom is -0.478 e. The number of terminal acetylenes is 1. The smallest absolute Gasteiger partial charge is 0.338 e. The molecule has 0 unspecified atom stereocenters. The maximum Gasteiger partial charge on any atom is 0.338 e. The predicted molar refractivity (Wildman–Crippen MR) is 111 cm³/mol. The van der Waals surface area contributed by atoms with E-state index in [1.165, 1.54) is 6.08 Å². The minimum atomic E-state index is -1.18. The van der Waals surface area contributed by atoms with Crippen molar-refractivity contribution in [3.05, 3.63) is 83.1 Å². The van der Waals surface area contributed by atoms with E-state index in [0.717, 1.165) is 22.3 Å². The quantitative estimate of drug-likeness (QED) is 0.431. The lowest BCUT2D eigenvalue weighted by atomic mass is 10.0. The molecule has 2 rings (SSSR count). The molecule has 2 aromatic carbocycles. The Hall–Kier alpha value is -3.58. The van der Waals surface area contributed by atoms with Gasteiger partial charge in [-0.25, -0.2) is 4.79 Å². The number of hydrogen-bond donors (Lipinski definition) is 2. The fraction of sp³-hybridized carbons (Fsp3) is 0.167. The summed E-state index contributed by atoms with van der Waals surface area (Å²) in [4.78, 5) is 23.6. The Labute approximate surface area is 165 Å². The first kappa shape index (κ1) is 20.7. The average Bonchev–Trinajstić information content (AvgIpc) is 2.69. The highest BCUT2D eigenvalue weighted by Gasteiger charge is 2.13. The number of carbonyl (C=O) groups excluding carboxylic acids is 1. The molecule has 0 atom stereocenters. The topological polar surface area (TPSA) is 66.4 Å². The van der Waals surface area contributed by atoms with Crippen LogP contribution in [0.2, 0.25) is 0 Å². The van der Waals surface area contributed by atoms with Gasteiger partial charge in [-0.2, -0.15) is 0 Å². The average molecular weight is 373 g/mol. The highest BCUT2D eigenvalue weighted by Crippen LogP contribution is 2.19. The monoisotopic (exact) mass is 373 g/mol. The summed E-state index contributed by atoms with van der Waals surface area (Å²) in [5, 5.41) is 11.9. The van der Waals surface area contributed by atoms with Crippen LogP contribution in [0.25, 0.3) is 11.1 Å². The van der Waals surface area contributed by atoms with Gasteiger partial charge in [0.05, 0.1) is 5.57 Å². The number of benzene rings is 2. The van der Waals surface area contributed by atoms with E-state index >= 15 is 0 Å². The third-order valence-corrected chi connectivity index (χ3v) is 4.04. The second-order valence-electron chi connectivity index (χ2n) is 6.57. The summed E-state index contributed by atoms with van der Waals surface area (Å²) in [5.41, 5.74) is 3.91. The molecule has 0 fully saturated rings. The molecule has 2 aromatic rings. The molecular weight excluding hydrogens is 350 g/mol. The van der Waals surface area contributed by atoms with Gasteiger partial charge < -0.3 is 10.4 Å². The number of carboxylic acid groups (broad SMARTS) is 1. The van der Waals surface area contributed by atoms with Gasteiger partial charge in [-0.1, -0.05) is 66.1 Å². The maximum absolute atomic E-state index is 12.2. The summed E-state index contributed by atoms with van der Waals surface area (Å²) < 4.78 is 0. The summed E-state index contributed by atoms with van der Waals surface area (Å²) in [6.45, 7) is 3.52. The molecule has 0 saturated carbocycles. The molecule has 4 nitrogen and oxygen atoms in total. The predicted octanol–water partition coefficient (Wildman–Crippen LogP) is 4.34. The molecule has 0 aromatic heterocycles. The maximum atomic E-state index is 12.2. The van der Waals surface area contributed by atoms with Crippen molar-refractivity contribution in [1.29, 1.82) is 0 Å². The summed E-state index contributed by atoms with van der Waals surface area (Å²) in [6.07, 6.45) is 7.58. The lowest BCUT2D eigenvalue weighted by molar-refractivity contribution is -0.132. The fourth-order valence-corrected chi connectivity index (χ4v) is 2.66. The molecule has 0 heterocycles. The second-order valence-corrected chi connectivity index (χ2v) is 6.57. The van der Waals surface area contributed by atoms with Crippen molar-refractivity contribution in [2.75, 3.05) is 0 Å². The zero-order valence-electron chi connectivity index (χ0n) is 16.0. The number of aliphatic carboxylic acids is 1. The molecule has 0 aliphatic rings. The largest absolute Gasteiger partial charge is 0.478 e. The van der Waals surface area contributed by atoms with Crippen molar-refractivity contribution in [2.24, 2.45) is 0 Å². The Kier molecular flexibility index (Phi) is 7.36. The van der Waals surface area contributed by atoms with Crippen molar-refractivity contribution in [3.63, 3.8) is 0 Å². The van der Waals surface area contributed by atoms with E-state index in [2.05, 4.69) is 11.2 Å². The molecule has 28 heavy (non-hydrogen) atoms. The summed E-state index contributed by atoms with van der Waals surface area (Å²) >= 11 is 0. The first-order chi connectivity index (χ1) is 13.4. The Bertz CT molecular complexity index is 942. The highest BCUT2D eigenvalue weighted by molar-refractivity contribution is 5.93. The lowest BCUT2D eigenvalue weighted by Crippen LogP contribution is -2.25. The molecule has 1 amide bonds. The molecule has 0 aliphatic heterocycles. The number of amides is 1. The molecular formula is C24H23NO3. The van der Waals surface area contributed by atoms with Crippen molar-refractivity contribution in [3.8, 4) is 23.5 Å². The van der Waals surface area contributed by atoms with Gasteiger partial charge in [0, 0.05) is 6.42 Å². The standard InChI is InChI=1S/C24H23NO3/c1-4-22(21(24(27)28)16-17(2)3)25-23(26)15-12-18-10-13-20(14-11-18)19-8-6-5-7-9-19/h1,5-11,13-14,16H,12,15H2,2-3H3,(H,25,26)(H,27,28)/b22-21-. The SMILES string of the molecule is C#C/C(NC(=O)CCc1ccc(-c2ccccc2)cc1)=C(\C=C(C)C)C(=O)O. The Morgan fingerprint density at radius 2 is 1.64 bits per heavy atom. The first-order valence-corrected chi connectivity index (χ1v) is 8.94. The summed E-state index contributed by atoms with van der Waals surface area (Å²) in [7, 11) is 0. The third-order valence-electron chi connectivity index (χ3n) is 4.04. The van der Waals surface area contributed by atoms with Crippen LogP contribution in [0.5, 0.6) is 0 Å². The molecule has 0 spiro atoms. The van der Waals surface area contributed by atoms with Crippen LogP contribution in [0.1, 0.15) is 25.8 Å². The van der Waals surface area contributed by atoms with Gasteiger partial charge in [0.25, 0.3) is 0 Å². The Morgan fingerprint density at radius 3 is 2.18 bits per heavy atom. The number of hydrogen-bond acceptors (Lipinski definition) is 2. The molecule has 142 valence electrons. The molecule has 0 aliphatic carbocycles. The van der Waals surface area contributed by atoms with Gasteiger partial charge in [0.15, 0.2) is 0 Å². The molecule has 0 bridgehead atoms. The van der Waals surface area contributed by atoms with Crippen molar-refractivity contribution >= 4 is 11.9 Å². The van der Waals surface area contributed by atoms with Crippen LogP contribution in [0, 0.1) is 12.3 Å². The zero-order valence-corrected chi connectivity index (χ0v) is 16.0. The van der Waals surface area contributed by atoms with Crippen molar-refractivity contribution in [1.82, 2.24) is 5.32 Å². The van der Waals surface area contributed by atoms with Gasteiger partial charge in [-0.3, -0.25) is 4.79 Å². The highest BCUT2D eigenvalue weighted by atomic mass is 16.4. The number of allylic oxidation sites excluding steroid dienone is 2. The van der Waals surface area contributed by atoms with E-state index in [9.17, 15) is 14.7 Å². The normalized spacial score (nSPS) is 11.0. The molecule has 0 radical (unpaired) electrons.